The molecule has 0 radical (unpaired) electrons. The number of phenols is 1. The topological polar surface area (TPSA) is 29.5 Å². The second-order valence-electron chi connectivity index (χ2n) is 4.68. The van der Waals surface area contributed by atoms with Crippen LogP contribution in [-0.2, 0) is 6.42 Å². The van der Waals surface area contributed by atoms with E-state index in [1.807, 2.05) is 13.8 Å². The van der Waals surface area contributed by atoms with E-state index in [4.69, 9.17) is 4.74 Å². The van der Waals surface area contributed by atoms with E-state index in [-0.39, 0.29) is 5.60 Å². The molecule has 1 aliphatic rings. The smallest absolute Gasteiger partial charge is 0.126 e. The Labute approximate surface area is 84.5 Å². The SMILES string of the molecule is Cc1cc(O)c(C)c2c1OC(C)(C)C2. The highest BCUT2D eigenvalue weighted by atomic mass is 16.5. The van der Waals surface area contributed by atoms with Gasteiger partial charge in [0.1, 0.15) is 17.1 Å². The monoisotopic (exact) mass is 192 g/mol. The molecule has 0 saturated heterocycles. The highest BCUT2D eigenvalue weighted by Crippen LogP contribution is 2.42. The first-order valence-corrected chi connectivity index (χ1v) is 4.92. The summed E-state index contributed by atoms with van der Waals surface area (Å²) in [6, 6.07) is 1.77. The number of rotatable bonds is 0. The molecule has 0 bridgehead atoms. The number of ether oxygens (including phenoxy) is 1. The lowest BCUT2D eigenvalue weighted by Crippen LogP contribution is -2.24. The summed E-state index contributed by atoms with van der Waals surface area (Å²) >= 11 is 0. The first-order valence-electron chi connectivity index (χ1n) is 4.92. The van der Waals surface area contributed by atoms with Gasteiger partial charge in [0.05, 0.1) is 0 Å². The fourth-order valence-corrected chi connectivity index (χ4v) is 2.03. The van der Waals surface area contributed by atoms with Gasteiger partial charge in [0.25, 0.3) is 0 Å². The van der Waals surface area contributed by atoms with Gasteiger partial charge in [-0.05, 0) is 44.9 Å². The van der Waals surface area contributed by atoms with Crippen molar-refractivity contribution in [2.24, 2.45) is 0 Å². The molecule has 2 heteroatoms. The van der Waals surface area contributed by atoms with Crippen LogP contribution in [0.2, 0.25) is 0 Å². The lowest BCUT2D eigenvalue weighted by Gasteiger charge is -2.17. The molecule has 14 heavy (non-hydrogen) atoms. The Morgan fingerprint density at radius 2 is 2.00 bits per heavy atom. The maximum Gasteiger partial charge on any atom is 0.126 e. The fraction of sp³-hybridized carbons (Fsp3) is 0.500. The lowest BCUT2D eigenvalue weighted by molar-refractivity contribution is 0.137. The quantitative estimate of drug-likeness (QED) is 0.684. The number of aryl methyl sites for hydroxylation is 1. The summed E-state index contributed by atoms with van der Waals surface area (Å²) in [4.78, 5) is 0. The Balaban J connectivity index is 2.61. The molecule has 0 unspecified atom stereocenters. The van der Waals surface area contributed by atoms with Crippen molar-refractivity contribution in [1.29, 1.82) is 0 Å². The van der Waals surface area contributed by atoms with E-state index in [9.17, 15) is 5.11 Å². The number of phenolic OH excluding ortho intramolecular Hbond substituents is 1. The van der Waals surface area contributed by atoms with Gasteiger partial charge in [0.2, 0.25) is 0 Å². The first kappa shape index (κ1) is 9.38. The van der Waals surface area contributed by atoms with E-state index in [2.05, 4.69) is 13.8 Å². The molecular weight excluding hydrogens is 176 g/mol. The third kappa shape index (κ3) is 1.26. The summed E-state index contributed by atoms with van der Waals surface area (Å²) in [6.45, 7) is 8.06. The van der Waals surface area contributed by atoms with Crippen molar-refractivity contribution in [2.45, 2.75) is 39.7 Å². The molecule has 0 spiro atoms. The molecule has 1 aromatic rings. The molecule has 0 aromatic heterocycles. The van der Waals surface area contributed by atoms with Gasteiger partial charge >= 0.3 is 0 Å². The fourth-order valence-electron chi connectivity index (χ4n) is 2.03. The standard InChI is InChI=1S/C12H16O2/c1-7-5-10(13)8(2)9-6-12(3,4)14-11(7)9/h5,13H,6H2,1-4H3. The predicted octanol–water partition coefficient (Wildman–Crippen LogP) is 2.72. The van der Waals surface area contributed by atoms with Crippen LogP contribution in [0.25, 0.3) is 0 Å². The van der Waals surface area contributed by atoms with Gasteiger partial charge in [-0.1, -0.05) is 0 Å². The van der Waals surface area contributed by atoms with Gasteiger partial charge in [0, 0.05) is 12.0 Å². The van der Waals surface area contributed by atoms with Crippen LogP contribution in [0, 0.1) is 13.8 Å². The average Bonchev–Trinajstić information content (AvgIpc) is 2.38. The van der Waals surface area contributed by atoms with Crippen LogP contribution in [0.1, 0.15) is 30.5 Å². The summed E-state index contributed by atoms with van der Waals surface area (Å²) in [5.41, 5.74) is 3.00. The van der Waals surface area contributed by atoms with Gasteiger partial charge in [-0.25, -0.2) is 0 Å². The highest BCUT2D eigenvalue weighted by molar-refractivity contribution is 5.54. The zero-order valence-corrected chi connectivity index (χ0v) is 9.14. The summed E-state index contributed by atoms with van der Waals surface area (Å²) < 4.78 is 5.85. The van der Waals surface area contributed by atoms with Crippen molar-refractivity contribution >= 4 is 0 Å². The zero-order chi connectivity index (χ0) is 10.5. The van der Waals surface area contributed by atoms with Crippen molar-refractivity contribution in [2.75, 3.05) is 0 Å². The van der Waals surface area contributed by atoms with Gasteiger partial charge in [0.15, 0.2) is 0 Å². The molecule has 0 aliphatic carbocycles. The average molecular weight is 192 g/mol. The van der Waals surface area contributed by atoms with Gasteiger partial charge in [-0.3, -0.25) is 0 Å². The largest absolute Gasteiger partial charge is 0.508 e. The molecule has 2 nitrogen and oxygen atoms in total. The maximum atomic E-state index is 9.68. The molecular formula is C12H16O2. The Bertz CT molecular complexity index is 392. The molecule has 0 atom stereocenters. The molecule has 1 aliphatic heterocycles. The van der Waals surface area contributed by atoms with Gasteiger partial charge in [-0.15, -0.1) is 0 Å². The third-order valence-electron chi connectivity index (χ3n) is 2.80. The van der Waals surface area contributed by atoms with E-state index in [1.54, 1.807) is 6.07 Å². The maximum absolute atomic E-state index is 9.68. The normalized spacial score (nSPS) is 17.7. The van der Waals surface area contributed by atoms with Crippen molar-refractivity contribution < 1.29 is 9.84 Å². The van der Waals surface area contributed by atoms with E-state index >= 15 is 0 Å². The summed E-state index contributed by atoms with van der Waals surface area (Å²) in [5.74, 6) is 1.34. The zero-order valence-electron chi connectivity index (χ0n) is 9.14. The second-order valence-corrected chi connectivity index (χ2v) is 4.68. The predicted molar refractivity (Wildman–Crippen MR) is 56.0 cm³/mol. The molecule has 1 aromatic carbocycles. The molecule has 2 rings (SSSR count). The summed E-state index contributed by atoms with van der Waals surface area (Å²) in [5, 5.41) is 9.68. The van der Waals surface area contributed by atoms with Crippen LogP contribution in [0.15, 0.2) is 6.07 Å². The van der Waals surface area contributed by atoms with Crippen LogP contribution in [0.5, 0.6) is 11.5 Å². The highest BCUT2D eigenvalue weighted by Gasteiger charge is 2.33. The Morgan fingerprint density at radius 1 is 1.36 bits per heavy atom. The Morgan fingerprint density at radius 3 is 2.64 bits per heavy atom. The number of fused-ring (bicyclic) bond motifs is 1. The van der Waals surface area contributed by atoms with Crippen LogP contribution < -0.4 is 4.74 Å². The van der Waals surface area contributed by atoms with Gasteiger partial charge in [-0.2, -0.15) is 0 Å². The second kappa shape index (κ2) is 2.66. The minimum absolute atomic E-state index is 0.133. The minimum Gasteiger partial charge on any atom is -0.508 e. The number of hydrogen-bond acceptors (Lipinski definition) is 2. The lowest BCUT2D eigenvalue weighted by atomic mass is 9.96. The third-order valence-corrected chi connectivity index (χ3v) is 2.80. The van der Waals surface area contributed by atoms with E-state index < -0.39 is 0 Å². The van der Waals surface area contributed by atoms with Crippen LogP contribution >= 0.6 is 0 Å². The van der Waals surface area contributed by atoms with Crippen LogP contribution in [0.4, 0.5) is 0 Å². The van der Waals surface area contributed by atoms with Crippen molar-refractivity contribution in [3.8, 4) is 11.5 Å². The van der Waals surface area contributed by atoms with Crippen molar-refractivity contribution in [3.63, 3.8) is 0 Å². The summed E-state index contributed by atoms with van der Waals surface area (Å²) in [7, 11) is 0. The van der Waals surface area contributed by atoms with E-state index in [1.165, 1.54) is 0 Å². The number of benzene rings is 1. The molecule has 1 N–H and O–H groups in total. The molecule has 76 valence electrons. The van der Waals surface area contributed by atoms with Gasteiger partial charge < -0.3 is 9.84 Å². The number of hydrogen-bond donors (Lipinski definition) is 1. The van der Waals surface area contributed by atoms with Crippen molar-refractivity contribution in [1.82, 2.24) is 0 Å². The van der Waals surface area contributed by atoms with Crippen LogP contribution in [0.3, 0.4) is 0 Å². The molecule has 0 amide bonds. The minimum atomic E-state index is -0.133. The first-order chi connectivity index (χ1) is 6.41. The Hall–Kier alpha value is -1.18. The summed E-state index contributed by atoms with van der Waals surface area (Å²) in [6.07, 6.45) is 0.878. The molecule has 1 heterocycles. The van der Waals surface area contributed by atoms with E-state index in [0.29, 0.717) is 5.75 Å². The van der Waals surface area contributed by atoms with Crippen LogP contribution in [-0.4, -0.2) is 10.7 Å². The Kier molecular flexibility index (Phi) is 1.78. The van der Waals surface area contributed by atoms with E-state index in [0.717, 1.165) is 28.9 Å². The number of aromatic hydroxyl groups is 1. The van der Waals surface area contributed by atoms with Crippen molar-refractivity contribution in [3.05, 3.63) is 22.8 Å². The molecule has 0 saturated carbocycles. The molecule has 0 fully saturated rings.